The van der Waals surface area contributed by atoms with Gasteiger partial charge in [-0.05, 0) is 43.0 Å². The average molecular weight is 300 g/mol. The van der Waals surface area contributed by atoms with Crippen LogP contribution in [0.3, 0.4) is 0 Å². The molecule has 0 bridgehead atoms. The van der Waals surface area contributed by atoms with Crippen LogP contribution in [0.25, 0.3) is 11.2 Å². The van der Waals surface area contributed by atoms with Crippen LogP contribution in [-0.4, -0.2) is 39.1 Å². The lowest BCUT2D eigenvalue weighted by molar-refractivity contribution is 0.329. The highest BCUT2D eigenvalue weighted by Crippen LogP contribution is 2.26. The maximum absolute atomic E-state index is 4.87. The summed E-state index contributed by atoms with van der Waals surface area (Å²) in [4.78, 5) is 12.0. The molecule has 0 spiro atoms. The SMILES string of the molecule is CCN1CCC(Cn2c(CC(C)(C)C)nc3cccnc32)C1. The van der Waals surface area contributed by atoms with Gasteiger partial charge in [0.1, 0.15) is 11.3 Å². The molecule has 1 aliphatic heterocycles. The molecule has 4 heteroatoms. The summed E-state index contributed by atoms with van der Waals surface area (Å²) in [5.74, 6) is 1.91. The largest absolute Gasteiger partial charge is 0.312 e. The van der Waals surface area contributed by atoms with Crippen LogP contribution in [0, 0.1) is 11.3 Å². The first kappa shape index (κ1) is 15.5. The second kappa shape index (κ2) is 5.99. The number of imidazole rings is 1. The molecule has 1 saturated heterocycles. The van der Waals surface area contributed by atoms with E-state index in [-0.39, 0.29) is 5.41 Å². The van der Waals surface area contributed by atoms with Gasteiger partial charge in [-0.1, -0.05) is 27.7 Å². The third-order valence-electron chi connectivity index (χ3n) is 4.53. The second-order valence-electron chi connectivity index (χ2n) is 7.77. The zero-order valence-corrected chi connectivity index (χ0v) is 14.3. The number of nitrogens with zero attached hydrogens (tertiary/aromatic N) is 4. The molecule has 3 rings (SSSR count). The van der Waals surface area contributed by atoms with Crippen LogP contribution in [0.4, 0.5) is 0 Å². The van der Waals surface area contributed by atoms with Gasteiger partial charge in [0.15, 0.2) is 5.65 Å². The Bertz CT molecular complexity index is 638. The molecule has 120 valence electrons. The summed E-state index contributed by atoms with van der Waals surface area (Å²) < 4.78 is 2.38. The minimum Gasteiger partial charge on any atom is -0.312 e. The van der Waals surface area contributed by atoms with Crippen molar-refractivity contribution in [1.29, 1.82) is 0 Å². The number of hydrogen-bond acceptors (Lipinski definition) is 3. The molecule has 0 amide bonds. The van der Waals surface area contributed by atoms with Gasteiger partial charge in [0.25, 0.3) is 0 Å². The minimum absolute atomic E-state index is 0.240. The molecule has 0 N–H and O–H groups in total. The zero-order chi connectivity index (χ0) is 15.7. The quantitative estimate of drug-likeness (QED) is 0.868. The van der Waals surface area contributed by atoms with Gasteiger partial charge in [-0.25, -0.2) is 9.97 Å². The second-order valence-corrected chi connectivity index (χ2v) is 7.77. The Morgan fingerprint density at radius 1 is 1.32 bits per heavy atom. The molecule has 22 heavy (non-hydrogen) atoms. The number of hydrogen-bond donors (Lipinski definition) is 0. The Labute approximate surface area is 133 Å². The molecular weight excluding hydrogens is 272 g/mol. The van der Waals surface area contributed by atoms with Crippen molar-refractivity contribution in [1.82, 2.24) is 19.4 Å². The maximum atomic E-state index is 4.87. The molecule has 1 atom stereocenters. The van der Waals surface area contributed by atoms with E-state index in [1.54, 1.807) is 0 Å². The van der Waals surface area contributed by atoms with Crippen molar-refractivity contribution in [3.05, 3.63) is 24.2 Å². The predicted octanol–water partition coefficient (Wildman–Crippen LogP) is 3.36. The summed E-state index contributed by atoms with van der Waals surface area (Å²) in [7, 11) is 0. The van der Waals surface area contributed by atoms with Crippen molar-refractivity contribution in [2.45, 2.75) is 47.1 Å². The summed E-state index contributed by atoms with van der Waals surface area (Å²) in [5, 5.41) is 0. The first-order valence-corrected chi connectivity index (χ1v) is 8.49. The molecule has 4 nitrogen and oxygen atoms in total. The Kier molecular flexibility index (Phi) is 4.22. The van der Waals surface area contributed by atoms with E-state index in [2.05, 4.69) is 48.2 Å². The van der Waals surface area contributed by atoms with Crippen LogP contribution in [-0.2, 0) is 13.0 Å². The van der Waals surface area contributed by atoms with Gasteiger partial charge >= 0.3 is 0 Å². The minimum atomic E-state index is 0.240. The number of pyridine rings is 1. The Hall–Kier alpha value is -1.42. The number of rotatable bonds is 4. The lowest BCUT2D eigenvalue weighted by Gasteiger charge is -2.20. The lowest BCUT2D eigenvalue weighted by Crippen LogP contribution is -2.22. The van der Waals surface area contributed by atoms with Crippen molar-refractivity contribution >= 4 is 11.2 Å². The fourth-order valence-corrected chi connectivity index (χ4v) is 3.41. The summed E-state index contributed by atoms with van der Waals surface area (Å²) in [6.45, 7) is 13.7. The molecule has 0 radical (unpaired) electrons. The van der Waals surface area contributed by atoms with E-state index in [0.29, 0.717) is 0 Å². The Morgan fingerprint density at radius 3 is 2.82 bits per heavy atom. The number of fused-ring (bicyclic) bond motifs is 1. The van der Waals surface area contributed by atoms with E-state index >= 15 is 0 Å². The standard InChI is InChI=1S/C18H28N4/c1-5-21-10-8-14(12-21)13-22-16(11-18(2,3)4)20-15-7-6-9-19-17(15)22/h6-7,9,14H,5,8,10-13H2,1-4H3. The van der Waals surface area contributed by atoms with Crippen molar-refractivity contribution in [3.63, 3.8) is 0 Å². The average Bonchev–Trinajstić information content (AvgIpc) is 3.03. The van der Waals surface area contributed by atoms with Gasteiger partial charge in [-0.3, -0.25) is 0 Å². The molecule has 0 saturated carbocycles. The molecule has 1 unspecified atom stereocenters. The van der Waals surface area contributed by atoms with Gasteiger partial charge in [0.2, 0.25) is 0 Å². The van der Waals surface area contributed by atoms with Crippen molar-refractivity contribution in [3.8, 4) is 0 Å². The lowest BCUT2D eigenvalue weighted by atomic mass is 9.92. The molecule has 3 heterocycles. The highest BCUT2D eigenvalue weighted by molar-refractivity contribution is 5.71. The van der Waals surface area contributed by atoms with E-state index in [1.807, 2.05) is 12.3 Å². The first-order valence-electron chi connectivity index (χ1n) is 8.49. The maximum Gasteiger partial charge on any atom is 0.159 e. The van der Waals surface area contributed by atoms with Crippen LogP contribution in [0.2, 0.25) is 0 Å². The van der Waals surface area contributed by atoms with E-state index < -0.39 is 0 Å². The normalized spacial score (nSPS) is 20.1. The third-order valence-corrected chi connectivity index (χ3v) is 4.53. The zero-order valence-electron chi connectivity index (χ0n) is 14.3. The summed E-state index contributed by atoms with van der Waals surface area (Å²) >= 11 is 0. The van der Waals surface area contributed by atoms with Gasteiger partial charge in [-0.2, -0.15) is 0 Å². The topological polar surface area (TPSA) is 34.0 Å². The van der Waals surface area contributed by atoms with E-state index in [1.165, 1.54) is 25.3 Å². The highest BCUT2D eigenvalue weighted by Gasteiger charge is 2.25. The van der Waals surface area contributed by atoms with Crippen LogP contribution in [0.1, 0.15) is 39.9 Å². The highest BCUT2D eigenvalue weighted by atomic mass is 15.2. The Balaban J connectivity index is 1.90. The Morgan fingerprint density at radius 2 is 2.14 bits per heavy atom. The van der Waals surface area contributed by atoms with Crippen molar-refractivity contribution in [2.24, 2.45) is 11.3 Å². The van der Waals surface area contributed by atoms with Gasteiger partial charge in [-0.15, -0.1) is 0 Å². The van der Waals surface area contributed by atoms with Crippen LogP contribution in [0.5, 0.6) is 0 Å². The van der Waals surface area contributed by atoms with E-state index in [4.69, 9.17) is 4.98 Å². The van der Waals surface area contributed by atoms with Gasteiger partial charge in [0.05, 0.1) is 0 Å². The molecule has 2 aromatic rings. The van der Waals surface area contributed by atoms with Crippen LogP contribution in [0.15, 0.2) is 18.3 Å². The summed E-state index contributed by atoms with van der Waals surface area (Å²) in [5.41, 5.74) is 2.33. The molecule has 1 fully saturated rings. The molecule has 2 aromatic heterocycles. The number of likely N-dealkylation sites (tertiary alicyclic amines) is 1. The molecular formula is C18H28N4. The summed E-state index contributed by atoms with van der Waals surface area (Å²) in [6, 6.07) is 4.06. The summed E-state index contributed by atoms with van der Waals surface area (Å²) in [6.07, 6.45) is 4.16. The fourth-order valence-electron chi connectivity index (χ4n) is 3.41. The van der Waals surface area contributed by atoms with E-state index in [0.717, 1.165) is 36.6 Å². The van der Waals surface area contributed by atoms with Gasteiger partial charge < -0.3 is 9.47 Å². The monoisotopic (exact) mass is 300 g/mol. The van der Waals surface area contributed by atoms with Gasteiger partial charge in [0, 0.05) is 25.7 Å². The van der Waals surface area contributed by atoms with Crippen LogP contribution >= 0.6 is 0 Å². The molecule has 0 aliphatic carbocycles. The molecule has 1 aliphatic rings. The molecule has 0 aromatic carbocycles. The smallest absolute Gasteiger partial charge is 0.159 e. The first-order chi connectivity index (χ1) is 10.5. The number of aromatic nitrogens is 3. The fraction of sp³-hybridized carbons (Fsp3) is 0.667. The van der Waals surface area contributed by atoms with Crippen LogP contribution < -0.4 is 0 Å². The third kappa shape index (κ3) is 3.32. The van der Waals surface area contributed by atoms with E-state index in [9.17, 15) is 0 Å². The van der Waals surface area contributed by atoms with Crippen molar-refractivity contribution < 1.29 is 0 Å². The predicted molar refractivity (Wildman–Crippen MR) is 90.9 cm³/mol. The van der Waals surface area contributed by atoms with Crippen molar-refractivity contribution in [2.75, 3.05) is 19.6 Å².